The fourth-order valence-corrected chi connectivity index (χ4v) is 5.56. The van der Waals surface area contributed by atoms with Gasteiger partial charge in [-0.05, 0) is 56.1 Å². The molecule has 0 aliphatic carbocycles. The predicted octanol–water partition coefficient (Wildman–Crippen LogP) is 5.68. The molecule has 2 rings (SSSR count). The number of carboxylic acids is 1. The van der Waals surface area contributed by atoms with Gasteiger partial charge >= 0.3 is 5.97 Å². The van der Waals surface area contributed by atoms with Crippen molar-refractivity contribution in [3.8, 4) is 0 Å². The summed E-state index contributed by atoms with van der Waals surface area (Å²) in [5.41, 5.74) is 0. The van der Waals surface area contributed by atoms with Crippen LogP contribution >= 0.6 is 11.8 Å². The number of allylic oxidation sites excluding steroid dienone is 2. The van der Waals surface area contributed by atoms with Crippen molar-refractivity contribution in [1.82, 2.24) is 0 Å². The molecule has 2 aliphatic rings. The molecular weight excluding hydrogens is 332 g/mol. The number of thioether (sulfide) groups is 1. The standard InChI is InChI=1S/C21H36O3S/c1-3-4-7-10-16(2)25-15-18-17(19-13-14-20(18)24-19)11-8-5-6-9-12-21(22)23/h5,8,16-20H,3-4,6-7,9-15H2,1-2H3,(H,22,23)/b8-5-. The average molecular weight is 369 g/mol. The molecule has 2 bridgehead atoms. The maximum atomic E-state index is 10.5. The van der Waals surface area contributed by atoms with Gasteiger partial charge in [-0.15, -0.1) is 0 Å². The first-order valence-electron chi connectivity index (χ1n) is 10.3. The highest BCUT2D eigenvalue weighted by atomic mass is 32.2. The Labute approximate surface area is 158 Å². The summed E-state index contributed by atoms with van der Waals surface area (Å²) in [5.74, 6) is 1.93. The van der Waals surface area contributed by atoms with E-state index in [1.54, 1.807) is 0 Å². The van der Waals surface area contributed by atoms with Gasteiger partial charge in [0.25, 0.3) is 0 Å². The van der Waals surface area contributed by atoms with Gasteiger partial charge in [0.2, 0.25) is 0 Å². The van der Waals surface area contributed by atoms with Crippen LogP contribution in [0.15, 0.2) is 12.2 Å². The second-order valence-electron chi connectivity index (χ2n) is 7.75. The highest BCUT2D eigenvalue weighted by molar-refractivity contribution is 7.99. The van der Waals surface area contributed by atoms with Crippen molar-refractivity contribution >= 4 is 17.7 Å². The van der Waals surface area contributed by atoms with E-state index in [1.807, 2.05) is 0 Å². The number of hydrogen-bond acceptors (Lipinski definition) is 3. The van der Waals surface area contributed by atoms with Crippen molar-refractivity contribution in [2.75, 3.05) is 5.75 Å². The first-order valence-corrected chi connectivity index (χ1v) is 11.3. The van der Waals surface area contributed by atoms with Crippen LogP contribution in [0.2, 0.25) is 0 Å². The zero-order chi connectivity index (χ0) is 18.1. The summed E-state index contributed by atoms with van der Waals surface area (Å²) in [6.07, 6.45) is 16.3. The first kappa shape index (κ1) is 20.8. The van der Waals surface area contributed by atoms with E-state index in [1.165, 1.54) is 44.3 Å². The number of carbonyl (C=O) groups is 1. The van der Waals surface area contributed by atoms with Crippen LogP contribution in [-0.4, -0.2) is 34.3 Å². The number of ether oxygens (including phenoxy) is 1. The van der Waals surface area contributed by atoms with Gasteiger partial charge in [-0.3, -0.25) is 4.79 Å². The zero-order valence-corrected chi connectivity index (χ0v) is 16.8. The van der Waals surface area contributed by atoms with Crippen LogP contribution in [0.4, 0.5) is 0 Å². The largest absolute Gasteiger partial charge is 0.481 e. The van der Waals surface area contributed by atoms with Crippen LogP contribution in [-0.2, 0) is 9.53 Å². The molecule has 0 spiro atoms. The molecule has 2 saturated heterocycles. The summed E-state index contributed by atoms with van der Waals surface area (Å²) in [6, 6.07) is 0. The minimum atomic E-state index is -0.694. The molecule has 5 atom stereocenters. The van der Waals surface area contributed by atoms with Gasteiger partial charge in [0, 0.05) is 11.7 Å². The minimum Gasteiger partial charge on any atom is -0.481 e. The highest BCUT2D eigenvalue weighted by Crippen LogP contribution is 2.46. The third kappa shape index (κ3) is 6.97. The van der Waals surface area contributed by atoms with Gasteiger partial charge in [-0.1, -0.05) is 45.3 Å². The quantitative estimate of drug-likeness (QED) is 0.335. The third-order valence-corrected chi connectivity index (χ3v) is 7.10. The summed E-state index contributed by atoms with van der Waals surface area (Å²) in [4.78, 5) is 10.5. The van der Waals surface area contributed by atoms with E-state index in [0.29, 0.717) is 24.0 Å². The van der Waals surface area contributed by atoms with Gasteiger partial charge < -0.3 is 9.84 Å². The van der Waals surface area contributed by atoms with E-state index >= 15 is 0 Å². The Morgan fingerprint density at radius 1 is 1.20 bits per heavy atom. The van der Waals surface area contributed by atoms with E-state index in [0.717, 1.165) is 24.5 Å². The van der Waals surface area contributed by atoms with E-state index in [2.05, 4.69) is 37.8 Å². The van der Waals surface area contributed by atoms with Gasteiger partial charge in [0.1, 0.15) is 0 Å². The van der Waals surface area contributed by atoms with Crippen LogP contribution in [0, 0.1) is 11.8 Å². The third-order valence-electron chi connectivity index (χ3n) is 5.71. The molecule has 2 fully saturated rings. The van der Waals surface area contributed by atoms with Crippen molar-refractivity contribution in [3.05, 3.63) is 12.2 Å². The van der Waals surface area contributed by atoms with Gasteiger partial charge in [-0.2, -0.15) is 11.8 Å². The first-order chi connectivity index (χ1) is 12.1. The molecular formula is C21H36O3S. The lowest BCUT2D eigenvalue weighted by atomic mass is 9.78. The molecule has 25 heavy (non-hydrogen) atoms. The minimum absolute atomic E-state index is 0.275. The lowest BCUT2D eigenvalue weighted by molar-refractivity contribution is -0.137. The van der Waals surface area contributed by atoms with Crippen molar-refractivity contribution in [3.63, 3.8) is 0 Å². The van der Waals surface area contributed by atoms with Gasteiger partial charge in [-0.25, -0.2) is 0 Å². The fraction of sp³-hybridized carbons (Fsp3) is 0.857. The molecule has 1 N–H and O–H groups in total. The molecule has 144 valence electrons. The van der Waals surface area contributed by atoms with Crippen LogP contribution in [0.5, 0.6) is 0 Å². The monoisotopic (exact) mass is 368 g/mol. The number of carboxylic acid groups (broad SMARTS) is 1. The van der Waals surface area contributed by atoms with Crippen molar-refractivity contribution in [2.45, 2.75) is 95.5 Å². The van der Waals surface area contributed by atoms with Crippen LogP contribution < -0.4 is 0 Å². The molecule has 0 saturated carbocycles. The molecule has 0 aromatic rings. The molecule has 2 heterocycles. The second-order valence-corrected chi connectivity index (χ2v) is 9.22. The summed E-state index contributed by atoms with van der Waals surface area (Å²) in [7, 11) is 0. The molecule has 4 heteroatoms. The van der Waals surface area contributed by atoms with Crippen LogP contribution in [0.3, 0.4) is 0 Å². The SMILES string of the molecule is CCCCCC(C)SCC1C2CCC(O2)C1C/C=C\CCCC(=O)O. The predicted molar refractivity (Wildman–Crippen MR) is 106 cm³/mol. The average Bonchev–Trinajstić information content (AvgIpc) is 3.17. The Kier molecular flexibility index (Phi) is 9.40. The summed E-state index contributed by atoms with van der Waals surface area (Å²) in [5, 5.41) is 9.44. The Balaban J connectivity index is 1.71. The summed E-state index contributed by atoms with van der Waals surface area (Å²) >= 11 is 2.15. The number of hydrogen-bond donors (Lipinski definition) is 1. The lowest BCUT2D eigenvalue weighted by Gasteiger charge is -2.28. The number of rotatable bonds is 13. The van der Waals surface area contributed by atoms with Crippen molar-refractivity contribution in [2.24, 2.45) is 11.8 Å². The molecule has 0 aromatic heterocycles. The Morgan fingerprint density at radius 2 is 1.96 bits per heavy atom. The second kappa shape index (κ2) is 11.3. The maximum absolute atomic E-state index is 10.5. The summed E-state index contributed by atoms with van der Waals surface area (Å²) < 4.78 is 6.21. The molecule has 0 radical (unpaired) electrons. The van der Waals surface area contributed by atoms with Crippen molar-refractivity contribution in [1.29, 1.82) is 0 Å². The number of unbranched alkanes of at least 4 members (excludes halogenated alkanes) is 3. The lowest BCUT2D eigenvalue weighted by Crippen LogP contribution is -2.29. The smallest absolute Gasteiger partial charge is 0.303 e. The van der Waals surface area contributed by atoms with Gasteiger partial charge in [0.05, 0.1) is 12.2 Å². The van der Waals surface area contributed by atoms with Crippen molar-refractivity contribution < 1.29 is 14.6 Å². The number of aliphatic carboxylic acids is 1. The van der Waals surface area contributed by atoms with E-state index in [4.69, 9.17) is 9.84 Å². The maximum Gasteiger partial charge on any atom is 0.303 e. The molecule has 5 unspecified atom stereocenters. The van der Waals surface area contributed by atoms with E-state index < -0.39 is 5.97 Å². The van der Waals surface area contributed by atoms with Gasteiger partial charge in [0.15, 0.2) is 0 Å². The molecule has 3 nitrogen and oxygen atoms in total. The van der Waals surface area contributed by atoms with E-state index in [-0.39, 0.29) is 6.42 Å². The highest BCUT2D eigenvalue weighted by Gasteiger charge is 2.47. The summed E-state index contributed by atoms with van der Waals surface area (Å²) in [6.45, 7) is 4.65. The normalized spacial score (nSPS) is 29.5. The topological polar surface area (TPSA) is 46.5 Å². The van der Waals surface area contributed by atoms with E-state index in [9.17, 15) is 4.79 Å². The molecule has 2 aliphatic heterocycles. The Bertz CT molecular complexity index is 423. The Morgan fingerprint density at radius 3 is 2.68 bits per heavy atom. The van der Waals surface area contributed by atoms with Crippen LogP contribution in [0.1, 0.15) is 78.1 Å². The fourth-order valence-electron chi connectivity index (χ4n) is 4.21. The number of fused-ring (bicyclic) bond motifs is 2. The van der Waals surface area contributed by atoms with Crippen LogP contribution in [0.25, 0.3) is 0 Å². The molecule has 0 aromatic carbocycles. The zero-order valence-electron chi connectivity index (χ0n) is 16.0. The Hall–Kier alpha value is -0.480. The molecule has 0 amide bonds.